The molecule has 1 N–H and O–H groups in total. The number of thioether (sulfide) groups is 1. The summed E-state index contributed by atoms with van der Waals surface area (Å²) >= 11 is 1.32. The highest BCUT2D eigenvalue weighted by atomic mass is 32.2. The fourth-order valence-electron chi connectivity index (χ4n) is 3.15. The Morgan fingerprint density at radius 2 is 1.94 bits per heavy atom. The number of carbonyl (C=O) groups excluding carboxylic acids is 1. The molecule has 3 aromatic rings. The van der Waals surface area contributed by atoms with Crippen LogP contribution in [-0.2, 0) is 4.79 Å². The van der Waals surface area contributed by atoms with E-state index in [9.17, 15) is 14.7 Å². The van der Waals surface area contributed by atoms with Gasteiger partial charge in [0.1, 0.15) is 11.5 Å². The number of furan rings is 1. The highest BCUT2D eigenvalue weighted by molar-refractivity contribution is 8.18. The number of hydrogen-bond acceptors (Lipinski definition) is 5. The number of carboxylic acid groups (broad SMARTS) is 1. The minimum atomic E-state index is -0.995. The molecule has 6 nitrogen and oxygen atoms in total. The Morgan fingerprint density at radius 1 is 1.13 bits per heavy atom. The minimum absolute atomic E-state index is 0.104. The zero-order chi connectivity index (χ0) is 21.8. The minimum Gasteiger partial charge on any atom is -0.478 e. The molecule has 4 rings (SSSR count). The second kappa shape index (κ2) is 9.06. The summed E-state index contributed by atoms with van der Waals surface area (Å²) in [5.74, 6) is -0.0460. The van der Waals surface area contributed by atoms with Crippen LogP contribution in [0.3, 0.4) is 0 Å². The number of hydrogen-bond donors (Lipinski definition) is 1. The Labute approximate surface area is 183 Å². The maximum atomic E-state index is 12.9. The van der Waals surface area contributed by atoms with Gasteiger partial charge in [0.2, 0.25) is 0 Å². The van der Waals surface area contributed by atoms with Crippen LogP contribution in [0.1, 0.15) is 29.5 Å². The molecule has 0 saturated carbocycles. The Morgan fingerprint density at radius 3 is 2.68 bits per heavy atom. The van der Waals surface area contributed by atoms with E-state index >= 15 is 0 Å². The number of amidine groups is 1. The Hall–Kier alpha value is -3.58. The zero-order valence-electron chi connectivity index (χ0n) is 16.8. The largest absolute Gasteiger partial charge is 0.478 e. The van der Waals surface area contributed by atoms with E-state index < -0.39 is 5.97 Å². The quantitative estimate of drug-likeness (QED) is 0.508. The van der Waals surface area contributed by atoms with E-state index in [2.05, 4.69) is 4.99 Å². The van der Waals surface area contributed by atoms with Gasteiger partial charge in [0.05, 0.1) is 16.2 Å². The first-order valence-electron chi connectivity index (χ1n) is 9.84. The molecular weight excluding hydrogens is 412 g/mol. The molecule has 1 amide bonds. The van der Waals surface area contributed by atoms with Crippen LogP contribution < -0.4 is 0 Å². The van der Waals surface area contributed by atoms with E-state index in [1.807, 2.05) is 37.3 Å². The van der Waals surface area contributed by atoms with Crippen LogP contribution >= 0.6 is 11.8 Å². The lowest BCUT2D eigenvalue weighted by Gasteiger charge is -2.13. The molecule has 0 aliphatic carbocycles. The van der Waals surface area contributed by atoms with Crippen molar-refractivity contribution in [3.63, 3.8) is 0 Å². The van der Waals surface area contributed by atoms with Gasteiger partial charge in [0, 0.05) is 18.2 Å². The van der Waals surface area contributed by atoms with Crippen molar-refractivity contribution in [2.24, 2.45) is 4.99 Å². The number of aliphatic imine (C=N–C) groups is 1. The van der Waals surface area contributed by atoms with Crippen molar-refractivity contribution in [1.29, 1.82) is 0 Å². The third-order valence-electron chi connectivity index (χ3n) is 4.61. The Balaban J connectivity index is 1.62. The Kier molecular flexibility index (Phi) is 6.04. The third kappa shape index (κ3) is 4.62. The van der Waals surface area contributed by atoms with Gasteiger partial charge in [-0.2, -0.15) is 0 Å². The molecule has 0 spiro atoms. The standard InChI is InChI=1S/C24H20N2O4S/c1-2-13-26-22(27)21(31-24(26)25-18-9-4-3-5-10-18)15-19-11-12-20(30-19)16-7-6-8-17(14-16)23(28)29/h3-12,14-15H,2,13H2,1H3,(H,28,29)/b21-15+,25-24?. The van der Waals surface area contributed by atoms with Crippen molar-refractivity contribution in [1.82, 2.24) is 4.90 Å². The van der Waals surface area contributed by atoms with Crippen molar-refractivity contribution in [3.05, 3.63) is 83.0 Å². The summed E-state index contributed by atoms with van der Waals surface area (Å²) in [7, 11) is 0. The van der Waals surface area contributed by atoms with Crippen LogP contribution in [0, 0.1) is 0 Å². The summed E-state index contributed by atoms with van der Waals surface area (Å²) in [4.78, 5) is 31.0. The van der Waals surface area contributed by atoms with E-state index in [0.29, 0.717) is 33.7 Å². The first kappa shape index (κ1) is 20.7. The van der Waals surface area contributed by atoms with Crippen LogP contribution in [0.5, 0.6) is 0 Å². The second-order valence-electron chi connectivity index (χ2n) is 6.89. The normalized spacial score (nSPS) is 16.4. The monoisotopic (exact) mass is 432 g/mol. The molecule has 0 unspecified atom stereocenters. The van der Waals surface area contributed by atoms with Gasteiger partial charge in [0.25, 0.3) is 5.91 Å². The van der Waals surface area contributed by atoms with E-state index in [4.69, 9.17) is 4.42 Å². The summed E-state index contributed by atoms with van der Waals surface area (Å²) in [6.07, 6.45) is 2.52. The van der Waals surface area contributed by atoms with Crippen molar-refractivity contribution in [2.45, 2.75) is 13.3 Å². The maximum Gasteiger partial charge on any atom is 0.335 e. The second-order valence-corrected chi connectivity index (χ2v) is 7.89. The first-order chi connectivity index (χ1) is 15.0. The summed E-state index contributed by atoms with van der Waals surface area (Å²) in [5, 5.41) is 9.83. The molecule has 1 saturated heterocycles. The summed E-state index contributed by atoms with van der Waals surface area (Å²) in [6, 6.07) is 19.6. The highest BCUT2D eigenvalue weighted by Crippen LogP contribution is 2.35. The molecular formula is C24H20N2O4S. The molecule has 2 aromatic carbocycles. The molecule has 1 aliphatic rings. The van der Waals surface area contributed by atoms with Gasteiger partial charge in [-0.25, -0.2) is 9.79 Å². The molecule has 1 fully saturated rings. The maximum absolute atomic E-state index is 12.9. The van der Waals surface area contributed by atoms with Crippen molar-refractivity contribution >= 4 is 40.6 Å². The molecule has 1 aromatic heterocycles. The molecule has 0 atom stereocenters. The van der Waals surface area contributed by atoms with E-state index in [1.54, 1.807) is 41.3 Å². The van der Waals surface area contributed by atoms with E-state index in [0.717, 1.165) is 12.1 Å². The molecule has 156 valence electrons. The smallest absolute Gasteiger partial charge is 0.335 e. The van der Waals surface area contributed by atoms with Crippen LogP contribution in [0.15, 0.2) is 81.0 Å². The van der Waals surface area contributed by atoms with Crippen molar-refractivity contribution < 1.29 is 19.1 Å². The predicted molar refractivity (Wildman–Crippen MR) is 122 cm³/mol. The number of aromatic carboxylic acids is 1. The lowest BCUT2D eigenvalue weighted by Crippen LogP contribution is -2.29. The van der Waals surface area contributed by atoms with Crippen LogP contribution in [0.25, 0.3) is 17.4 Å². The predicted octanol–water partition coefficient (Wildman–Crippen LogP) is 5.66. The number of nitrogens with zero attached hydrogens (tertiary/aromatic N) is 2. The molecule has 1 aliphatic heterocycles. The summed E-state index contributed by atoms with van der Waals surface area (Å²) in [6.45, 7) is 2.60. The van der Waals surface area contributed by atoms with E-state index in [1.165, 1.54) is 17.8 Å². The topological polar surface area (TPSA) is 83.1 Å². The lowest BCUT2D eigenvalue weighted by molar-refractivity contribution is -0.122. The zero-order valence-corrected chi connectivity index (χ0v) is 17.6. The third-order valence-corrected chi connectivity index (χ3v) is 5.62. The average Bonchev–Trinajstić information content (AvgIpc) is 3.36. The van der Waals surface area contributed by atoms with Gasteiger partial charge in [-0.05, 0) is 54.6 Å². The fourth-order valence-corrected chi connectivity index (χ4v) is 4.15. The van der Waals surface area contributed by atoms with Crippen LogP contribution in [0.2, 0.25) is 0 Å². The molecule has 0 bridgehead atoms. The fraction of sp³-hybridized carbons (Fsp3) is 0.125. The van der Waals surface area contributed by atoms with Crippen molar-refractivity contribution in [3.8, 4) is 11.3 Å². The molecule has 31 heavy (non-hydrogen) atoms. The number of rotatable bonds is 6. The van der Waals surface area contributed by atoms with E-state index in [-0.39, 0.29) is 11.5 Å². The Bertz CT molecular complexity index is 1180. The van der Waals surface area contributed by atoms with Gasteiger partial charge >= 0.3 is 5.97 Å². The number of benzene rings is 2. The molecule has 2 heterocycles. The molecule has 0 radical (unpaired) electrons. The summed E-state index contributed by atoms with van der Waals surface area (Å²) in [5.41, 5.74) is 1.64. The molecule has 7 heteroatoms. The van der Waals surface area contributed by atoms with Gasteiger partial charge in [-0.1, -0.05) is 37.3 Å². The van der Waals surface area contributed by atoms with Gasteiger partial charge in [-0.3, -0.25) is 9.69 Å². The SMILES string of the molecule is CCCN1C(=O)/C(=C\c2ccc(-c3cccc(C(=O)O)c3)o2)SC1=Nc1ccccc1. The number of carboxylic acids is 1. The number of para-hydroxylation sites is 1. The lowest BCUT2D eigenvalue weighted by atomic mass is 10.1. The first-order valence-corrected chi connectivity index (χ1v) is 10.7. The number of amides is 1. The van der Waals surface area contributed by atoms with Crippen molar-refractivity contribution in [2.75, 3.05) is 6.54 Å². The van der Waals surface area contributed by atoms with Crippen LogP contribution in [-0.4, -0.2) is 33.6 Å². The van der Waals surface area contributed by atoms with Crippen LogP contribution in [0.4, 0.5) is 5.69 Å². The summed E-state index contributed by atoms with van der Waals surface area (Å²) < 4.78 is 5.87. The highest BCUT2D eigenvalue weighted by Gasteiger charge is 2.33. The van der Waals surface area contributed by atoms with Gasteiger partial charge < -0.3 is 9.52 Å². The average molecular weight is 433 g/mol. The van der Waals surface area contributed by atoms with Gasteiger partial charge in [0.15, 0.2) is 5.17 Å². The van der Waals surface area contributed by atoms with Gasteiger partial charge in [-0.15, -0.1) is 0 Å². The number of carbonyl (C=O) groups is 2.